The Balaban J connectivity index is 2.03. The van der Waals surface area contributed by atoms with Gasteiger partial charge in [-0.2, -0.15) is 0 Å². The molecule has 1 aliphatic carbocycles. The molecule has 1 saturated carbocycles. The fourth-order valence-electron chi connectivity index (χ4n) is 1.31. The molecule has 1 fully saturated rings. The topological polar surface area (TPSA) is 67.2 Å². The molecule has 14 heavy (non-hydrogen) atoms. The van der Waals surface area contributed by atoms with Crippen LogP contribution in [-0.4, -0.2) is 32.7 Å². The van der Waals surface area contributed by atoms with Crippen LogP contribution in [0.4, 0.5) is 0 Å². The number of amides is 1. The SMILES string of the molecule is Cn1cnc(C(=O)NC2(CO)CC2)c1. The minimum absolute atomic E-state index is 0.00553. The summed E-state index contributed by atoms with van der Waals surface area (Å²) < 4.78 is 1.72. The zero-order valence-electron chi connectivity index (χ0n) is 8.03. The number of hydrogen-bond acceptors (Lipinski definition) is 3. The van der Waals surface area contributed by atoms with Crippen molar-refractivity contribution in [3.63, 3.8) is 0 Å². The van der Waals surface area contributed by atoms with E-state index in [1.54, 1.807) is 17.1 Å². The summed E-state index contributed by atoms with van der Waals surface area (Å²) in [6, 6.07) is 0. The third-order valence-electron chi connectivity index (χ3n) is 2.47. The Morgan fingerprint density at radius 2 is 2.50 bits per heavy atom. The second-order valence-corrected chi connectivity index (χ2v) is 3.82. The van der Waals surface area contributed by atoms with Crippen LogP contribution in [0.25, 0.3) is 0 Å². The van der Waals surface area contributed by atoms with Crippen molar-refractivity contribution in [1.29, 1.82) is 0 Å². The van der Waals surface area contributed by atoms with Crippen LogP contribution in [0.5, 0.6) is 0 Å². The van der Waals surface area contributed by atoms with E-state index in [1.807, 2.05) is 7.05 Å². The molecule has 0 bridgehead atoms. The number of aromatic nitrogens is 2. The van der Waals surface area contributed by atoms with Crippen molar-refractivity contribution in [1.82, 2.24) is 14.9 Å². The first-order chi connectivity index (χ1) is 6.65. The molecule has 2 rings (SSSR count). The van der Waals surface area contributed by atoms with E-state index in [0.29, 0.717) is 5.69 Å². The number of carbonyl (C=O) groups excluding carboxylic acids is 1. The molecule has 0 radical (unpaired) electrons. The van der Waals surface area contributed by atoms with E-state index in [1.165, 1.54) is 0 Å². The largest absolute Gasteiger partial charge is 0.394 e. The molecule has 1 heterocycles. The van der Waals surface area contributed by atoms with Crippen LogP contribution in [0.3, 0.4) is 0 Å². The summed E-state index contributed by atoms with van der Waals surface area (Å²) in [5.74, 6) is -0.211. The molecule has 0 atom stereocenters. The summed E-state index contributed by atoms with van der Waals surface area (Å²) >= 11 is 0. The lowest BCUT2D eigenvalue weighted by atomic mass is 10.3. The fourth-order valence-corrected chi connectivity index (χ4v) is 1.31. The average Bonchev–Trinajstić information content (AvgIpc) is 2.80. The summed E-state index contributed by atoms with van der Waals surface area (Å²) in [6.45, 7) is 0.00553. The van der Waals surface area contributed by atoms with E-state index in [4.69, 9.17) is 5.11 Å². The maximum Gasteiger partial charge on any atom is 0.271 e. The van der Waals surface area contributed by atoms with Gasteiger partial charge in [-0.05, 0) is 12.8 Å². The standard InChI is InChI=1S/C9H13N3O2/c1-12-4-7(10-6-12)8(14)11-9(5-13)2-3-9/h4,6,13H,2-3,5H2,1H3,(H,11,14). The molecule has 1 aliphatic rings. The Kier molecular flexibility index (Phi) is 2.03. The van der Waals surface area contributed by atoms with E-state index < -0.39 is 0 Å². The van der Waals surface area contributed by atoms with E-state index in [9.17, 15) is 4.79 Å². The highest BCUT2D eigenvalue weighted by atomic mass is 16.3. The predicted octanol–water partition coefficient (Wildman–Crippen LogP) is -0.325. The van der Waals surface area contributed by atoms with Gasteiger partial charge >= 0.3 is 0 Å². The smallest absolute Gasteiger partial charge is 0.271 e. The average molecular weight is 195 g/mol. The molecule has 1 aromatic heterocycles. The van der Waals surface area contributed by atoms with Gasteiger partial charge in [0.2, 0.25) is 0 Å². The lowest BCUT2D eigenvalue weighted by Crippen LogP contribution is -2.39. The first kappa shape index (κ1) is 9.21. The van der Waals surface area contributed by atoms with Gasteiger partial charge in [0.15, 0.2) is 0 Å². The van der Waals surface area contributed by atoms with Gasteiger partial charge in [0.25, 0.3) is 5.91 Å². The van der Waals surface area contributed by atoms with Gasteiger partial charge in [0.1, 0.15) is 5.69 Å². The zero-order chi connectivity index (χ0) is 10.2. The summed E-state index contributed by atoms with van der Waals surface area (Å²) in [5.41, 5.74) is 0.0291. The maximum atomic E-state index is 11.6. The molecule has 0 saturated heterocycles. The number of nitrogens with one attached hydrogen (secondary N) is 1. The first-order valence-electron chi connectivity index (χ1n) is 4.57. The van der Waals surface area contributed by atoms with Crippen LogP contribution in [0.2, 0.25) is 0 Å². The Labute approximate surface area is 81.8 Å². The summed E-state index contributed by atoms with van der Waals surface area (Å²) in [4.78, 5) is 15.5. The number of carbonyl (C=O) groups is 1. The molecular formula is C9H13N3O2. The van der Waals surface area contributed by atoms with E-state index in [-0.39, 0.29) is 18.1 Å². The van der Waals surface area contributed by atoms with E-state index in [0.717, 1.165) is 12.8 Å². The fraction of sp³-hybridized carbons (Fsp3) is 0.556. The van der Waals surface area contributed by atoms with Gasteiger partial charge in [-0.25, -0.2) is 4.98 Å². The van der Waals surface area contributed by atoms with Crippen LogP contribution < -0.4 is 5.32 Å². The monoisotopic (exact) mass is 195 g/mol. The molecule has 0 spiro atoms. The number of aliphatic hydroxyl groups excluding tert-OH is 1. The number of rotatable bonds is 3. The summed E-state index contributed by atoms with van der Waals surface area (Å²) in [5, 5.41) is 11.8. The third-order valence-corrected chi connectivity index (χ3v) is 2.47. The van der Waals surface area contributed by atoms with E-state index in [2.05, 4.69) is 10.3 Å². The van der Waals surface area contributed by atoms with Crippen molar-refractivity contribution in [2.75, 3.05) is 6.61 Å². The highest BCUT2D eigenvalue weighted by Crippen LogP contribution is 2.34. The lowest BCUT2D eigenvalue weighted by Gasteiger charge is -2.12. The lowest BCUT2D eigenvalue weighted by molar-refractivity contribution is 0.0902. The van der Waals surface area contributed by atoms with Crippen LogP contribution in [0.1, 0.15) is 23.3 Å². The Morgan fingerprint density at radius 3 is 2.93 bits per heavy atom. The minimum atomic E-state index is -0.366. The molecular weight excluding hydrogens is 182 g/mol. The van der Waals surface area contributed by atoms with Crippen molar-refractivity contribution < 1.29 is 9.90 Å². The van der Waals surface area contributed by atoms with Crippen LogP contribution in [0, 0.1) is 0 Å². The molecule has 0 unspecified atom stereocenters. The number of hydrogen-bond donors (Lipinski definition) is 2. The second kappa shape index (κ2) is 3.09. The zero-order valence-corrected chi connectivity index (χ0v) is 8.03. The number of aryl methyl sites for hydroxylation is 1. The van der Waals surface area contributed by atoms with Gasteiger partial charge in [0.05, 0.1) is 18.5 Å². The van der Waals surface area contributed by atoms with Crippen LogP contribution in [-0.2, 0) is 7.05 Å². The van der Waals surface area contributed by atoms with Crippen molar-refractivity contribution in [2.45, 2.75) is 18.4 Å². The molecule has 2 N–H and O–H groups in total. The highest BCUT2D eigenvalue weighted by Gasteiger charge is 2.43. The van der Waals surface area contributed by atoms with Gasteiger partial charge in [0, 0.05) is 13.2 Å². The first-order valence-corrected chi connectivity index (χ1v) is 4.57. The Bertz CT molecular complexity index is 355. The Morgan fingerprint density at radius 1 is 1.79 bits per heavy atom. The maximum absolute atomic E-state index is 11.6. The number of nitrogens with zero attached hydrogens (tertiary/aromatic N) is 2. The third kappa shape index (κ3) is 1.63. The van der Waals surface area contributed by atoms with Crippen LogP contribution >= 0.6 is 0 Å². The number of aliphatic hydroxyl groups is 1. The Hall–Kier alpha value is -1.36. The van der Waals surface area contributed by atoms with Crippen LogP contribution in [0.15, 0.2) is 12.5 Å². The predicted molar refractivity (Wildman–Crippen MR) is 49.7 cm³/mol. The van der Waals surface area contributed by atoms with Gasteiger partial charge in [-0.1, -0.05) is 0 Å². The normalized spacial score (nSPS) is 17.9. The molecule has 5 nitrogen and oxygen atoms in total. The molecule has 76 valence electrons. The van der Waals surface area contributed by atoms with Gasteiger partial charge in [-0.3, -0.25) is 4.79 Å². The molecule has 0 aliphatic heterocycles. The van der Waals surface area contributed by atoms with Crippen molar-refractivity contribution in [3.05, 3.63) is 18.2 Å². The van der Waals surface area contributed by atoms with Crippen molar-refractivity contribution >= 4 is 5.91 Å². The van der Waals surface area contributed by atoms with Gasteiger partial charge in [-0.15, -0.1) is 0 Å². The van der Waals surface area contributed by atoms with Gasteiger partial charge < -0.3 is 15.0 Å². The number of imidazole rings is 1. The minimum Gasteiger partial charge on any atom is -0.394 e. The molecule has 0 aromatic carbocycles. The second-order valence-electron chi connectivity index (χ2n) is 3.82. The molecule has 1 amide bonds. The quantitative estimate of drug-likeness (QED) is 0.694. The summed E-state index contributed by atoms with van der Waals surface area (Å²) in [7, 11) is 1.81. The summed E-state index contributed by atoms with van der Waals surface area (Å²) in [6.07, 6.45) is 4.93. The van der Waals surface area contributed by atoms with E-state index >= 15 is 0 Å². The molecule has 5 heteroatoms. The van der Waals surface area contributed by atoms with Crippen molar-refractivity contribution in [3.8, 4) is 0 Å². The van der Waals surface area contributed by atoms with Crippen molar-refractivity contribution in [2.24, 2.45) is 7.05 Å². The molecule has 1 aromatic rings. The highest BCUT2D eigenvalue weighted by molar-refractivity contribution is 5.92.